The van der Waals surface area contributed by atoms with Crippen molar-refractivity contribution in [1.82, 2.24) is 10.7 Å². The molecule has 0 heterocycles. The van der Waals surface area contributed by atoms with Gasteiger partial charge in [-0.1, -0.05) is 49.4 Å². The van der Waals surface area contributed by atoms with Gasteiger partial charge < -0.3 is 14.8 Å². The number of hydrogen-bond donors (Lipinski definition) is 2. The number of nitrogens with zero attached hydrogens (tertiary/aromatic N) is 1. The molecule has 0 fully saturated rings. The lowest BCUT2D eigenvalue weighted by atomic mass is 10.2. The van der Waals surface area contributed by atoms with Crippen LogP contribution in [0.15, 0.2) is 84.0 Å². The molecule has 3 aromatic rings. The predicted molar refractivity (Wildman–Crippen MR) is 128 cm³/mol. The number of ether oxygens (including phenoxy) is 2. The monoisotopic (exact) mass is 445 g/mol. The molecule has 0 saturated carbocycles. The Hall–Kier alpha value is -4.13. The van der Waals surface area contributed by atoms with Crippen LogP contribution >= 0.6 is 0 Å². The van der Waals surface area contributed by atoms with Crippen LogP contribution in [0, 0.1) is 0 Å². The van der Waals surface area contributed by atoms with Crippen molar-refractivity contribution >= 4 is 18.0 Å². The minimum atomic E-state index is -0.431. The number of hydrazone groups is 1. The van der Waals surface area contributed by atoms with Crippen molar-refractivity contribution in [2.24, 2.45) is 5.10 Å². The standard InChI is InChI=1S/C26H27N3O4/c1-2-15-32-23-13-11-22(12-14-23)26(31)27-18-25(30)29-28-17-21-9-6-10-24(16-21)33-19-20-7-4-3-5-8-20/h3-14,16-17H,2,15,18-19H2,1H3,(H,27,31)(H,29,30)/b28-17-. The first-order valence-electron chi connectivity index (χ1n) is 10.7. The Balaban J connectivity index is 1.42. The molecule has 2 amide bonds. The summed E-state index contributed by atoms with van der Waals surface area (Å²) in [5, 5.41) is 6.51. The van der Waals surface area contributed by atoms with Crippen molar-refractivity contribution in [3.8, 4) is 11.5 Å². The molecule has 0 saturated heterocycles. The van der Waals surface area contributed by atoms with Crippen LogP contribution in [-0.2, 0) is 11.4 Å². The van der Waals surface area contributed by atoms with Gasteiger partial charge in [0.15, 0.2) is 0 Å². The van der Waals surface area contributed by atoms with Crippen LogP contribution in [0.25, 0.3) is 0 Å². The van der Waals surface area contributed by atoms with Crippen molar-refractivity contribution in [2.45, 2.75) is 20.0 Å². The maximum Gasteiger partial charge on any atom is 0.259 e. The van der Waals surface area contributed by atoms with Gasteiger partial charge in [-0.05, 0) is 53.9 Å². The van der Waals surface area contributed by atoms with Gasteiger partial charge in [0.25, 0.3) is 11.8 Å². The number of carbonyl (C=O) groups excluding carboxylic acids is 2. The highest BCUT2D eigenvalue weighted by molar-refractivity contribution is 5.96. The number of hydrogen-bond acceptors (Lipinski definition) is 5. The molecule has 0 atom stereocenters. The van der Waals surface area contributed by atoms with E-state index < -0.39 is 5.91 Å². The molecule has 7 heteroatoms. The highest BCUT2D eigenvalue weighted by Crippen LogP contribution is 2.14. The summed E-state index contributed by atoms with van der Waals surface area (Å²) in [6.45, 7) is 2.92. The first kappa shape index (κ1) is 23.5. The summed E-state index contributed by atoms with van der Waals surface area (Å²) < 4.78 is 11.3. The Morgan fingerprint density at radius 1 is 0.909 bits per heavy atom. The topological polar surface area (TPSA) is 89.0 Å². The fraction of sp³-hybridized carbons (Fsp3) is 0.192. The third-order valence-corrected chi connectivity index (χ3v) is 4.51. The van der Waals surface area contributed by atoms with Crippen molar-refractivity contribution in [1.29, 1.82) is 0 Å². The van der Waals surface area contributed by atoms with E-state index in [1.807, 2.05) is 61.5 Å². The van der Waals surface area contributed by atoms with Crippen LogP contribution in [0.3, 0.4) is 0 Å². The molecule has 0 unspecified atom stereocenters. The quantitative estimate of drug-likeness (QED) is 0.346. The summed E-state index contributed by atoms with van der Waals surface area (Å²) in [5.74, 6) is 0.626. The second-order valence-electron chi connectivity index (χ2n) is 7.20. The van der Waals surface area contributed by atoms with Gasteiger partial charge in [0, 0.05) is 5.56 Å². The number of amides is 2. The zero-order valence-electron chi connectivity index (χ0n) is 18.5. The largest absolute Gasteiger partial charge is 0.494 e. The fourth-order valence-electron chi connectivity index (χ4n) is 2.83. The Bertz CT molecular complexity index is 1070. The highest BCUT2D eigenvalue weighted by atomic mass is 16.5. The van der Waals surface area contributed by atoms with Crippen LogP contribution < -0.4 is 20.2 Å². The molecule has 170 valence electrons. The van der Waals surface area contributed by atoms with Crippen molar-refractivity contribution in [3.63, 3.8) is 0 Å². The van der Waals surface area contributed by atoms with Crippen LogP contribution in [-0.4, -0.2) is 31.2 Å². The van der Waals surface area contributed by atoms with Gasteiger partial charge in [-0.3, -0.25) is 9.59 Å². The summed E-state index contributed by atoms with van der Waals surface area (Å²) in [7, 11) is 0. The molecule has 0 aromatic heterocycles. The maximum atomic E-state index is 12.2. The molecular formula is C26H27N3O4. The summed E-state index contributed by atoms with van der Waals surface area (Å²) >= 11 is 0. The van der Waals surface area contributed by atoms with Crippen LogP contribution in [0.4, 0.5) is 0 Å². The van der Waals surface area contributed by atoms with E-state index in [0.29, 0.717) is 30.3 Å². The molecule has 0 radical (unpaired) electrons. The van der Waals surface area contributed by atoms with Crippen LogP contribution in [0.2, 0.25) is 0 Å². The Morgan fingerprint density at radius 3 is 2.45 bits per heavy atom. The smallest absolute Gasteiger partial charge is 0.259 e. The molecule has 3 aromatic carbocycles. The van der Waals surface area contributed by atoms with E-state index >= 15 is 0 Å². The van der Waals surface area contributed by atoms with Gasteiger partial charge in [-0.2, -0.15) is 5.10 Å². The molecule has 33 heavy (non-hydrogen) atoms. The molecule has 0 aliphatic carbocycles. The number of benzene rings is 3. The lowest BCUT2D eigenvalue weighted by molar-refractivity contribution is -0.120. The van der Waals surface area contributed by atoms with E-state index in [0.717, 1.165) is 17.5 Å². The van der Waals surface area contributed by atoms with Crippen molar-refractivity contribution in [2.75, 3.05) is 13.2 Å². The van der Waals surface area contributed by atoms with Gasteiger partial charge in [-0.25, -0.2) is 5.43 Å². The molecule has 7 nitrogen and oxygen atoms in total. The molecular weight excluding hydrogens is 418 g/mol. The zero-order valence-corrected chi connectivity index (χ0v) is 18.5. The summed E-state index contributed by atoms with van der Waals surface area (Å²) in [5.41, 5.74) is 4.70. The molecule has 0 spiro atoms. The first-order chi connectivity index (χ1) is 16.1. The van der Waals surface area contributed by atoms with E-state index in [9.17, 15) is 9.59 Å². The van der Waals surface area contributed by atoms with Crippen LogP contribution in [0.1, 0.15) is 34.8 Å². The van der Waals surface area contributed by atoms with Gasteiger partial charge in [0.2, 0.25) is 0 Å². The van der Waals surface area contributed by atoms with E-state index in [2.05, 4.69) is 15.8 Å². The number of nitrogens with one attached hydrogen (secondary N) is 2. The maximum absolute atomic E-state index is 12.2. The molecule has 2 N–H and O–H groups in total. The average Bonchev–Trinajstić information content (AvgIpc) is 2.86. The van der Waals surface area contributed by atoms with Gasteiger partial charge in [-0.15, -0.1) is 0 Å². The Kier molecular flexibility index (Phi) is 9.03. The Labute approximate surface area is 193 Å². The second-order valence-corrected chi connectivity index (χ2v) is 7.20. The molecule has 0 aliphatic rings. The average molecular weight is 446 g/mol. The predicted octanol–water partition coefficient (Wildman–Crippen LogP) is 3.93. The lowest BCUT2D eigenvalue weighted by Gasteiger charge is -2.07. The van der Waals surface area contributed by atoms with Gasteiger partial charge >= 0.3 is 0 Å². The summed E-state index contributed by atoms with van der Waals surface area (Å²) in [6, 6.07) is 24.0. The lowest BCUT2D eigenvalue weighted by Crippen LogP contribution is -2.34. The van der Waals surface area contributed by atoms with Crippen molar-refractivity contribution in [3.05, 3.63) is 95.6 Å². The third-order valence-electron chi connectivity index (χ3n) is 4.51. The van der Waals surface area contributed by atoms with Crippen LogP contribution in [0.5, 0.6) is 11.5 Å². The second kappa shape index (κ2) is 12.7. The van der Waals surface area contributed by atoms with Crippen molar-refractivity contribution < 1.29 is 19.1 Å². The minimum Gasteiger partial charge on any atom is -0.494 e. The molecule has 3 rings (SSSR count). The SMILES string of the molecule is CCCOc1ccc(C(=O)NCC(=O)N/N=C\c2cccc(OCc3ccccc3)c2)cc1. The summed E-state index contributed by atoms with van der Waals surface area (Å²) in [6.07, 6.45) is 2.43. The minimum absolute atomic E-state index is 0.190. The first-order valence-corrected chi connectivity index (χ1v) is 10.7. The van der Waals surface area contributed by atoms with E-state index in [1.165, 1.54) is 6.21 Å². The number of rotatable bonds is 11. The van der Waals surface area contributed by atoms with E-state index in [4.69, 9.17) is 9.47 Å². The zero-order chi connectivity index (χ0) is 23.3. The normalized spacial score (nSPS) is 10.6. The van der Waals surface area contributed by atoms with E-state index in [-0.39, 0.29) is 12.5 Å². The van der Waals surface area contributed by atoms with Gasteiger partial charge in [0.05, 0.1) is 19.4 Å². The molecule has 0 aliphatic heterocycles. The molecule has 0 bridgehead atoms. The summed E-state index contributed by atoms with van der Waals surface area (Å²) in [4.78, 5) is 24.2. The Morgan fingerprint density at radius 2 is 1.70 bits per heavy atom. The fourth-order valence-corrected chi connectivity index (χ4v) is 2.83. The van der Waals surface area contributed by atoms with Gasteiger partial charge in [0.1, 0.15) is 18.1 Å². The van der Waals surface area contributed by atoms with E-state index in [1.54, 1.807) is 24.3 Å². The highest BCUT2D eigenvalue weighted by Gasteiger charge is 2.08. The number of carbonyl (C=O) groups is 2. The third kappa shape index (κ3) is 8.14.